The number of carbonyl (C=O) groups excluding carboxylic acids is 2. The summed E-state index contributed by atoms with van der Waals surface area (Å²) in [4.78, 5) is 31.1. The highest BCUT2D eigenvalue weighted by atomic mass is 32.1. The van der Waals surface area contributed by atoms with Crippen LogP contribution in [0.5, 0.6) is 5.75 Å². The van der Waals surface area contributed by atoms with E-state index in [1.165, 1.54) is 11.3 Å². The molecule has 3 rings (SSSR count). The van der Waals surface area contributed by atoms with Crippen LogP contribution in [-0.2, 0) is 16.0 Å². The fourth-order valence-electron chi connectivity index (χ4n) is 3.42. The molecule has 28 heavy (non-hydrogen) atoms. The number of nitrogens with one attached hydrogen (secondary N) is 1. The number of thiazole rings is 1. The lowest BCUT2D eigenvalue weighted by molar-refractivity contribution is -0.134. The van der Waals surface area contributed by atoms with E-state index >= 15 is 0 Å². The van der Waals surface area contributed by atoms with Crippen molar-refractivity contribution in [2.75, 3.05) is 25.0 Å². The number of para-hydroxylation sites is 1. The van der Waals surface area contributed by atoms with Gasteiger partial charge in [0.15, 0.2) is 5.13 Å². The van der Waals surface area contributed by atoms with Crippen LogP contribution in [0.4, 0.5) is 5.13 Å². The molecule has 1 N–H and O–H groups in total. The number of aryl methyl sites for hydroxylation is 2. The van der Waals surface area contributed by atoms with Crippen LogP contribution in [0.1, 0.15) is 37.4 Å². The molecule has 2 aromatic rings. The molecule has 0 radical (unpaired) electrons. The summed E-state index contributed by atoms with van der Waals surface area (Å²) < 4.78 is 5.63. The zero-order valence-electron chi connectivity index (χ0n) is 16.4. The second-order valence-corrected chi connectivity index (χ2v) is 7.84. The Morgan fingerprint density at radius 2 is 2.04 bits per heavy atom. The van der Waals surface area contributed by atoms with Gasteiger partial charge in [-0.05, 0) is 44.7 Å². The van der Waals surface area contributed by atoms with Crippen LogP contribution in [0.2, 0.25) is 0 Å². The van der Waals surface area contributed by atoms with Crippen molar-refractivity contribution in [1.29, 1.82) is 0 Å². The van der Waals surface area contributed by atoms with E-state index in [1.54, 1.807) is 0 Å². The molecule has 0 bridgehead atoms. The molecular weight excluding hydrogens is 374 g/mol. The number of rotatable bonds is 7. The van der Waals surface area contributed by atoms with E-state index in [9.17, 15) is 9.59 Å². The summed E-state index contributed by atoms with van der Waals surface area (Å²) in [5.74, 6) is 0.935. The molecule has 2 heterocycles. The third-order valence-electron chi connectivity index (χ3n) is 4.95. The molecule has 0 saturated carbocycles. The van der Waals surface area contributed by atoms with E-state index in [2.05, 4.69) is 10.3 Å². The van der Waals surface area contributed by atoms with Gasteiger partial charge in [0.05, 0.1) is 12.3 Å². The second kappa shape index (κ2) is 9.68. The van der Waals surface area contributed by atoms with Crippen LogP contribution < -0.4 is 10.1 Å². The van der Waals surface area contributed by atoms with Crippen molar-refractivity contribution < 1.29 is 14.3 Å². The first-order chi connectivity index (χ1) is 13.6. The van der Waals surface area contributed by atoms with Crippen LogP contribution in [0.3, 0.4) is 0 Å². The highest BCUT2D eigenvalue weighted by Gasteiger charge is 2.27. The number of hydrogen-bond acceptors (Lipinski definition) is 5. The fraction of sp³-hybridized carbons (Fsp3) is 0.476. The molecule has 1 aliphatic rings. The van der Waals surface area contributed by atoms with Crippen molar-refractivity contribution in [3.63, 3.8) is 0 Å². The zero-order chi connectivity index (χ0) is 19.9. The first kappa shape index (κ1) is 20.3. The molecule has 1 fully saturated rings. The van der Waals surface area contributed by atoms with E-state index < -0.39 is 0 Å². The molecule has 0 unspecified atom stereocenters. The van der Waals surface area contributed by atoms with Crippen LogP contribution in [0, 0.1) is 12.8 Å². The monoisotopic (exact) mass is 401 g/mol. The van der Waals surface area contributed by atoms with Crippen LogP contribution in [0.15, 0.2) is 29.6 Å². The first-order valence-electron chi connectivity index (χ1n) is 9.78. The lowest BCUT2D eigenvalue weighted by atomic mass is 9.95. The fourth-order valence-corrected chi connectivity index (χ4v) is 4.11. The molecule has 1 aromatic carbocycles. The predicted octanol–water partition coefficient (Wildman–Crippen LogP) is 3.66. The Bertz CT molecular complexity index is 813. The number of aromatic nitrogens is 1. The molecule has 6 nitrogen and oxygen atoms in total. The van der Waals surface area contributed by atoms with Crippen LogP contribution >= 0.6 is 11.3 Å². The Morgan fingerprint density at radius 1 is 1.29 bits per heavy atom. The van der Waals surface area contributed by atoms with Gasteiger partial charge in [-0.25, -0.2) is 4.98 Å². The summed E-state index contributed by atoms with van der Waals surface area (Å²) in [6.45, 7) is 5.73. The second-order valence-electron chi connectivity index (χ2n) is 6.98. The van der Waals surface area contributed by atoms with E-state index in [0.717, 1.165) is 17.0 Å². The first-order valence-corrected chi connectivity index (χ1v) is 10.7. The standard InChI is InChI=1S/C21H27N3O3S/c1-3-27-18-7-5-4-6-16(18)8-9-19(25)24-12-10-17(11-13-24)20(26)23-21-22-15(2)14-28-21/h4-7,14,17H,3,8-13H2,1-2H3,(H,22,23,26). The molecule has 2 amide bonds. The highest BCUT2D eigenvalue weighted by Crippen LogP contribution is 2.23. The largest absolute Gasteiger partial charge is 0.494 e. The molecular formula is C21H27N3O3S. The Hall–Kier alpha value is -2.41. The van der Waals surface area contributed by atoms with Gasteiger partial charge in [0.2, 0.25) is 11.8 Å². The summed E-state index contributed by atoms with van der Waals surface area (Å²) >= 11 is 1.44. The summed E-state index contributed by atoms with van der Waals surface area (Å²) in [7, 11) is 0. The number of ether oxygens (including phenoxy) is 1. The van der Waals surface area contributed by atoms with Crippen molar-refractivity contribution in [1.82, 2.24) is 9.88 Å². The van der Waals surface area contributed by atoms with Gasteiger partial charge in [-0.3, -0.25) is 9.59 Å². The van der Waals surface area contributed by atoms with E-state index in [-0.39, 0.29) is 17.7 Å². The van der Waals surface area contributed by atoms with E-state index in [0.29, 0.717) is 50.5 Å². The molecule has 1 saturated heterocycles. The smallest absolute Gasteiger partial charge is 0.229 e. The molecule has 1 aliphatic heterocycles. The van der Waals surface area contributed by atoms with E-state index in [4.69, 9.17) is 4.74 Å². The summed E-state index contributed by atoms with van der Waals surface area (Å²) in [5, 5.41) is 5.46. The molecule has 0 atom stereocenters. The zero-order valence-corrected chi connectivity index (χ0v) is 17.3. The normalized spacial score (nSPS) is 14.7. The van der Waals surface area contributed by atoms with Gasteiger partial charge >= 0.3 is 0 Å². The minimum atomic E-state index is -0.0630. The lowest BCUT2D eigenvalue weighted by Gasteiger charge is -2.31. The van der Waals surface area contributed by atoms with Gasteiger partial charge < -0.3 is 15.0 Å². The number of hydrogen-bond donors (Lipinski definition) is 1. The predicted molar refractivity (Wildman–Crippen MR) is 111 cm³/mol. The Kier molecular flexibility index (Phi) is 7.03. The Morgan fingerprint density at radius 3 is 2.71 bits per heavy atom. The average molecular weight is 402 g/mol. The Balaban J connectivity index is 1.45. The molecule has 1 aromatic heterocycles. The topological polar surface area (TPSA) is 71.5 Å². The third-order valence-corrected chi connectivity index (χ3v) is 5.82. The number of benzene rings is 1. The number of piperidine rings is 1. The van der Waals surface area contributed by atoms with Gasteiger partial charge in [-0.1, -0.05) is 18.2 Å². The maximum Gasteiger partial charge on any atom is 0.229 e. The molecule has 7 heteroatoms. The van der Waals surface area contributed by atoms with Crippen molar-refractivity contribution in [2.24, 2.45) is 5.92 Å². The van der Waals surface area contributed by atoms with Crippen molar-refractivity contribution >= 4 is 28.3 Å². The van der Waals surface area contributed by atoms with Crippen molar-refractivity contribution in [3.05, 3.63) is 40.9 Å². The molecule has 0 spiro atoms. The average Bonchev–Trinajstić information content (AvgIpc) is 3.12. The third kappa shape index (κ3) is 5.32. The lowest BCUT2D eigenvalue weighted by Crippen LogP contribution is -2.41. The van der Waals surface area contributed by atoms with Crippen molar-refractivity contribution in [3.8, 4) is 5.75 Å². The number of anilines is 1. The van der Waals surface area contributed by atoms with Gasteiger partial charge in [-0.15, -0.1) is 11.3 Å². The van der Waals surface area contributed by atoms with Gasteiger partial charge in [0, 0.05) is 30.8 Å². The van der Waals surface area contributed by atoms with Crippen LogP contribution in [-0.4, -0.2) is 41.4 Å². The van der Waals surface area contributed by atoms with Gasteiger partial charge in [-0.2, -0.15) is 0 Å². The van der Waals surface area contributed by atoms with Crippen LogP contribution in [0.25, 0.3) is 0 Å². The number of likely N-dealkylation sites (tertiary alicyclic amines) is 1. The number of amides is 2. The number of carbonyl (C=O) groups is 2. The van der Waals surface area contributed by atoms with E-state index in [1.807, 2.05) is 48.4 Å². The number of nitrogens with zero attached hydrogens (tertiary/aromatic N) is 2. The summed E-state index contributed by atoms with van der Waals surface area (Å²) in [6.07, 6.45) is 2.51. The minimum absolute atomic E-state index is 0.00657. The van der Waals surface area contributed by atoms with Gasteiger partial charge in [0.25, 0.3) is 0 Å². The summed E-state index contributed by atoms with van der Waals surface area (Å²) in [5.41, 5.74) is 1.97. The summed E-state index contributed by atoms with van der Waals surface area (Å²) in [6, 6.07) is 7.86. The highest BCUT2D eigenvalue weighted by molar-refractivity contribution is 7.13. The molecule has 150 valence electrons. The Labute approximate surface area is 169 Å². The quantitative estimate of drug-likeness (QED) is 0.769. The SMILES string of the molecule is CCOc1ccccc1CCC(=O)N1CCC(C(=O)Nc2nc(C)cs2)CC1. The van der Waals surface area contributed by atoms with Gasteiger partial charge in [0.1, 0.15) is 5.75 Å². The molecule has 0 aliphatic carbocycles. The van der Waals surface area contributed by atoms with Crippen molar-refractivity contribution in [2.45, 2.75) is 39.5 Å². The maximum atomic E-state index is 12.6. The minimum Gasteiger partial charge on any atom is -0.494 e. The maximum absolute atomic E-state index is 12.6.